The van der Waals surface area contributed by atoms with Crippen molar-refractivity contribution in [1.29, 1.82) is 0 Å². The molecule has 6 heteroatoms. The average Bonchev–Trinajstić information content (AvgIpc) is 2.56. The number of hydrogen-bond donors (Lipinski definition) is 2. The summed E-state index contributed by atoms with van der Waals surface area (Å²) in [4.78, 5) is 25.3. The Morgan fingerprint density at radius 1 is 1.21 bits per heavy atom. The number of imide groups is 1. The predicted octanol–water partition coefficient (Wildman–Crippen LogP) is 1.90. The summed E-state index contributed by atoms with van der Waals surface area (Å²) in [6, 6.07) is 7.74. The molecule has 2 N–H and O–H groups in total. The summed E-state index contributed by atoms with van der Waals surface area (Å²) in [6.07, 6.45) is 1.95. The number of hydrogen-bond acceptors (Lipinski definition) is 4. The van der Waals surface area contributed by atoms with E-state index in [4.69, 9.17) is 5.11 Å². The molecule has 3 rings (SSSR count). The average molecular weight is 334 g/mol. The van der Waals surface area contributed by atoms with Crippen molar-refractivity contribution in [2.24, 2.45) is 0 Å². The number of rotatable bonds is 4. The molecule has 2 amide bonds. The van der Waals surface area contributed by atoms with Crippen LogP contribution in [-0.4, -0.2) is 42.3 Å². The van der Waals surface area contributed by atoms with Crippen molar-refractivity contribution < 1.29 is 19.1 Å². The minimum absolute atomic E-state index is 0.114. The molecule has 0 bridgehead atoms. The van der Waals surface area contributed by atoms with E-state index in [0.717, 1.165) is 11.3 Å². The molecule has 2 aliphatic rings. The fourth-order valence-electron chi connectivity index (χ4n) is 3.55. The lowest BCUT2D eigenvalue weighted by Crippen LogP contribution is -2.42. The normalized spacial score (nSPS) is 23.9. The standard InChI is InChI=1S/C18H23FN2O3/c19-18(9-12-22)7-10-21(11-8-18)14-3-1-13(2-4-14)15-5-6-16(23)20-17(15)24/h1-4,15,22H,5-12H2,(H,20,23,24)/t15-/m1/s1. The van der Waals surface area contributed by atoms with Gasteiger partial charge in [-0.2, -0.15) is 0 Å². The van der Waals surface area contributed by atoms with E-state index in [1.165, 1.54) is 0 Å². The molecule has 2 saturated heterocycles. The summed E-state index contributed by atoms with van der Waals surface area (Å²) in [7, 11) is 0. The van der Waals surface area contributed by atoms with Gasteiger partial charge in [-0.1, -0.05) is 12.1 Å². The zero-order valence-corrected chi connectivity index (χ0v) is 13.6. The maximum atomic E-state index is 14.4. The zero-order chi connectivity index (χ0) is 17.2. The summed E-state index contributed by atoms with van der Waals surface area (Å²) in [5.74, 6) is -0.719. The Hall–Kier alpha value is -1.95. The monoisotopic (exact) mass is 334 g/mol. The quantitative estimate of drug-likeness (QED) is 0.825. The number of aliphatic hydroxyl groups is 1. The van der Waals surface area contributed by atoms with Crippen molar-refractivity contribution >= 4 is 17.5 Å². The first-order valence-electron chi connectivity index (χ1n) is 8.49. The molecule has 0 unspecified atom stereocenters. The molecular formula is C18H23FN2O3. The van der Waals surface area contributed by atoms with Crippen LogP contribution >= 0.6 is 0 Å². The first-order valence-corrected chi connectivity index (χ1v) is 8.49. The van der Waals surface area contributed by atoms with Gasteiger partial charge in [-0.25, -0.2) is 4.39 Å². The van der Waals surface area contributed by atoms with Gasteiger partial charge in [-0.15, -0.1) is 0 Å². The summed E-state index contributed by atoms with van der Waals surface area (Å²) in [6.45, 7) is 1.12. The Bertz CT molecular complexity index is 609. The number of halogens is 1. The third kappa shape index (κ3) is 3.59. The molecule has 24 heavy (non-hydrogen) atoms. The zero-order valence-electron chi connectivity index (χ0n) is 13.6. The van der Waals surface area contributed by atoms with Gasteiger partial charge < -0.3 is 10.0 Å². The van der Waals surface area contributed by atoms with Crippen molar-refractivity contribution in [2.45, 2.75) is 43.7 Å². The molecule has 0 aliphatic carbocycles. The highest BCUT2D eigenvalue weighted by molar-refractivity contribution is 6.00. The number of benzene rings is 1. The molecule has 130 valence electrons. The van der Waals surface area contributed by atoms with Crippen molar-refractivity contribution in [2.75, 3.05) is 24.6 Å². The highest BCUT2D eigenvalue weighted by atomic mass is 19.1. The van der Waals surface area contributed by atoms with Crippen LogP contribution in [0.25, 0.3) is 0 Å². The lowest BCUT2D eigenvalue weighted by Gasteiger charge is -2.37. The maximum Gasteiger partial charge on any atom is 0.234 e. The van der Waals surface area contributed by atoms with Crippen molar-refractivity contribution in [3.05, 3.63) is 29.8 Å². The fraction of sp³-hybridized carbons (Fsp3) is 0.556. The van der Waals surface area contributed by atoms with Crippen LogP contribution in [0.4, 0.5) is 10.1 Å². The van der Waals surface area contributed by atoms with Crippen LogP contribution < -0.4 is 10.2 Å². The second-order valence-corrected chi connectivity index (χ2v) is 6.71. The smallest absolute Gasteiger partial charge is 0.234 e. The second kappa shape index (κ2) is 6.89. The van der Waals surface area contributed by atoms with Crippen LogP contribution in [0.3, 0.4) is 0 Å². The lowest BCUT2D eigenvalue weighted by molar-refractivity contribution is -0.134. The van der Waals surface area contributed by atoms with Gasteiger partial charge in [-0.05, 0) is 37.0 Å². The Kier molecular flexibility index (Phi) is 4.85. The summed E-state index contributed by atoms with van der Waals surface area (Å²) in [5.41, 5.74) is 0.663. The number of nitrogens with one attached hydrogen (secondary N) is 1. The number of aliphatic hydroxyl groups excluding tert-OH is 1. The number of carbonyl (C=O) groups excluding carboxylic acids is 2. The number of carbonyl (C=O) groups is 2. The highest BCUT2D eigenvalue weighted by Gasteiger charge is 2.34. The Labute approximate surface area is 140 Å². The summed E-state index contributed by atoms with van der Waals surface area (Å²) in [5, 5.41) is 11.3. The molecule has 2 heterocycles. The second-order valence-electron chi connectivity index (χ2n) is 6.71. The summed E-state index contributed by atoms with van der Waals surface area (Å²) >= 11 is 0. The van der Waals surface area contributed by atoms with Crippen molar-refractivity contribution in [3.8, 4) is 0 Å². The van der Waals surface area contributed by atoms with E-state index in [1.807, 2.05) is 24.3 Å². The van der Waals surface area contributed by atoms with E-state index in [-0.39, 0.29) is 30.8 Å². The van der Waals surface area contributed by atoms with Gasteiger partial charge in [0.1, 0.15) is 5.67 Å². The van der Waals surface area contributed by atoms with Crippen LogP contribution in [0.1, 0.15) is 43.6 Å². The van der Waals surface area contributed by atoms with E-state index >= 15 is 0 Å². The largest absolute Gasteiger partial charge is 0.396 e. The molecule has 1 aromatic carbocycles. The molecule has 2 fully saturated rings. The van der Waals surface area contributed by atoms with Crippen molar-refractivity contribution in [1.82, 2.24) is 5.32 Å². The van der Waals surface area contributed by atoms with Crippen LogP contribution in [0.5, 0.6) is 0 Å². The number of anilines is 1. The minimum Gasteiger partial charge on any atom is -0.396 e. The Morgan fingerprint density at radius 2 is 1.88 bits per heavy atom. The topological polar surface area (TPSA) is 69.6 Å². The van der Waals surface area contributed by atoms with Gasteiger partial charge in [0.05, 0.1) is 5.92 Å². The van der Waals surface area contributed by atoms with E-state index < -0.39 is 5.67 Å². The van der Waals surface area contributed by atoms with Gasteiger partial charge in [0.25, 0.3) is 0 Å². The van der Waals surface area contributed by atoms with Crippen molar-refractivity contribution in [3.63, 3.8) is 0 Å². The van der Waals surface area contributed by atoms with E-state index in [9.17, 15) is 14.0 Å². The first kappa shape index (κ1) is 16.9. The summed E-state index contributed by atoms with van der Waals surface area (Å²) < 4.78 is 14.4. The van der Waals surface area contributed by atoms with E-state index in [2.05, 4.69) is 10.2 Å². The Morgan fingerprint density at radius 3 is 2.46 bits per heavy atom. The molecule has 0 spiro atoms. The minimum atomic E-state index is -1.25. The molecule has 0 saturated carbocycles. The third-order valence-electron chi connectivity index (χ3n) is 5.12. The molecule has 0 aromatic heterocycles. The maximum absolute atomic E-state index is 14.4. The highest BCUT2D eigenvalue weighted by Crippen LogP contribution is 2.33. The molecular weight excluding hydrogens is 311 g/mol. The SMILES string of the molecule is O=C1CC[C@H](c2ccc(N3CCC(F)(CCO)CC3)cc2)C(=O)N1. The molecule has 1 atom stereocenters. The predicted molar refractivity (Wildman–Crippen MR) is 88.6 cm³/mol. The van der Waals surface area contributed by atoms with Crippen LogP contribution in [0.15, 0.2) is 24.3 Å². The van der Waals surface area contributed by atoms with Gasteiger partial charge in [0, 0.05) is 38.2 Å². The Balaban J connectivity index is 1.63. The van der Waals surface area contributed by atoms with Crippen LogP contribution in [0, 0.1) is 0 Å². The van der Waals surface area contributed by atoms with Crippen LogP contribution in [-0.2, 0) is 9.59 Å². The lowest BCUT2D eigenvalue weighted by atomic mass is 9.89. The molecule has 5 nitrogen and oxygen atoms in total. The fourth-order valence-corrected chi connectivity index (χ4v) is 3.55. The third-order valence-corrected chi connectivity index (χ3v) is 5.12. The van der Waals surface area contributed by atoms with Gasteiger partial charge >= 0.3 is 0 Å². The van der Waals surface area contributed by atoms with Gasteiger partial charge in [-0.3, -0.25) is 14.9 Å². The molecule has 0 radical (unpaired) electrons. The van der Waals surface area contributed by atoms with Gasteiger partial charge in [0.15, 0.2) is 0 Å². The van der Waals surface area contributed by atoms with Gasteiger partial charge in [0.2, 0.25) is 11.8 Å². The van der Waals surface area contributed by atoms with E-state index in [1.54, 1.807) is 0 Å². The number of piperidine rings is 2. The number of alkyl halides is 1. The molecule has 1 aromatic rings. The molecule has 2 aliphatic heterocycles. The number of nitrogens with zero attached hydrogens (tertiary/aromatic N) is 1. The van der Waals surface area contributed by atoms with E-state index in [0.29, 0.717) is 38.8 Å². The number of amides is 2. The van der Waals surface area contributed by atoms with Crippen LogP contribution in [0.2, 0.25) is 0 Å². The first-order chi connectivity index (χ1) is 11.5.